The van der Waals surface area contributed by atoms with Gasteiger partial charge < -0.3 is 10.8 Å². The van der Waals surface area contributed by atoms with Crippen molar-refractivity contribution in [1.82, 2.24) is 0 Å². The molecule has 0 spiro atoms. The summed E-state index contributed by atoms with van der Waals surface area (Å²) in [6.45, 7) is 0.150. The van der Waals surface area contributed by atoms with Gasteiger partial charge in [-0.1, -0.05) is 23.8 Å². The first kappa shape index (κ1) is 10.1. The van der Waals surface area contributed by atoms with Gasteiger partial charge in [-0.15, -0.1) is 0 Å². The van der Waals surface area contributed by atoms with Gasteiger partial charge >= 0.3 is 0 Å². The topological polar surface area (TPSA) is 46.2 Å². The van der Waals surface area contributed by atoms with Crippen LogP contribution in [0, 0.1) is 0 Å². The van der Waals surface area contributed by atoms with E-state index in [1.54, 1.807) is 18.2 Å². The average molecular weight is 198 g/mol. The Bertz CT molecular complexity index is 310. The molecule has 13 heavy (non-hydrogen) atoms. The fourth-order valence-electron chi connectivity index (χ4n) is 0.975. The lowest BCUT2D eigenvalue weighted by Gasteiger charge is -1.99. The number of nitrogens with two attached hydrogens (primary N) is 1. The first-order valence-corrected chi connectivity index (χ1v) is 4.44. The molecule has 0 saturated heterocycles. The molecule has 1 aromatic rings. The molecule has 0 aromatic heterocycles. The second kappa shape index (κ2) is 4.90. The molecule has 70 valence electrons. The van der Waals surface area contributed by atoms with Gasteiger partial charge in [-0.05, 0) is 30.2 Å². The standard InChI is InChI=1S/C10H12ClNO/c11-9-4-5-10(12)8(7-9)3-1-2-6-13/h1,3-5,7,13H,2,6,12H2. The van der Waals surface area contributed by atoms with E-state index in [0.29, 0.717) is 17.1 Å². The molecule has 0 atom stereocenters. The molecule has 0 bridgehead atoms. The molecule has 0 fully saturated rings. The highest BCUT2D eigenvalue weighted by molar-refractivity contribution is 6.30. The Morgan fingerprint density at radius 1 is 1.46 bits per heavy atom. The number of hydrogen-bond donors (Lipinski definition) is 2. The molecule has 3 heteroatoms. The largest absolute Gasteiger partial charge is 0.398 e. The number of aliphatic hydroxyl groups excluding tert-OH is 1. The normalized spacial score (nSPS) is 10.9. The fraction of sp³-hybridized carbons (Fsp3) is 0.200. The summed E-state index contributed by atoms with van der Waals surface area (Å²) in [6.07, 6.45) is 4.35. The highest BCUT2D eigenvalue weighted by atomic mass is 35.5. The van der Waals surface area contributed by atoms with Crippen molar-refractivity contribution in [3.8, 4) is 0 Å². The van der Waals surface area contributed by atoms with Gasteiger partial charge in [0, 0.05) is 17.3 Å². The van der Waals surface area contributed by atoms with Crippen LogP contribution in [-0.2, 0) is 0 Å². The maximum Gasteiger partial charge on any atom is 0.0465 e. The second-order valence-electron chi connectivity index (χ2n) is 2.69. The van der Waals surface area contributed by atoms with Crippen LogP contribution in [0.4, 0.5) is 5.69 Å². The van der Waals surface area contributed by atoms with Gasteiger partial charge in [0.25, 0.3) is 0 Å². The molecule has 2 nitrogen and oxygen atoms in total. The molecule has 3 N–H and O–H groups in total. The molecular formula is C10H12ClNO. The third-order valence-electron chi connectivity index (χ3n) is 1.64. The lowest BCUT2D eigenvalue weighted by atomic mass is 10.1. The van der Waals surface area contributed by atoms with Crippen molar-refractivity contribution in [2.45, 2.75) is 6.42 Å². The maximum atomic E-state index is 8.56. The fourth-order valence-corrected chi connectivity index (χ4v) is 1.16. The van der Waals surface area contributed by atoms with Gasteiger partial charge in [0.05, 0.1) is 0 Å². The van der Waals surface area contributed by atoms with E-state index in [1.165, 1.54) is 0 Å². The minimum absolute atomic E-state index is 0.150. The molecule has 0 aliphatic rings. The Hall–Kier alpha value is -0.990. The van der Waals surface area contributed by atoms with E-state index in [9.17, 15) is 0 Å². The highest BCUT2D eigenvalue weighted by Crippen LogP contribution is 2.19. The van der Waals surface area contributed by atoms with Crippen LogP contribution in [0.15, 0.2) is 24.3 Å². The van der Waals surface area contributed by atoms with E-state index in [1.807, 2.05) is 12.2 Å². The van der Waals surface area contributed by atoms with Gasteiger partial charge in [0.15, 0.2) is 0 Å². The number of nitrogen functional groups attached to an aromatic ring is 1. The van der Waals surface area contributed by atoms with Crippen molar-refractivity contribution >= 4 is 23.4 Å². The molecule has 0 aliphatic heterocycles. The quantitative estimate of drug-likeness (QED) is 0.731. The summed E-state index contributed by atoms with van der Waals surface area (Å²) in [4.78, 5) is 0. The van der Waals surface area contributed by atoms with E-state index in [0.717, 1.165) is 5.56 Å². The third kappa shape index (κ3) is 3.09. The molecule has 0 aliphatic carbocycles. The first-order chi connectivity index (χ1) is 6.24. The highest BCUT2D eigenvalue weighted by Gasteiger charge is 1.95. The Labute approximate surface area is 82.6 Å². The van der Waals surface area contributed by atoms with Crippen molar-refractivity contribution < 1.29 is 5.11 Å². The summed E-state index contributed by atoms with van der Waals surface area (Å²) in [6, 6.07) is 5.31. The summed E-state index contributed by atoms with van der Waals surface area (Å²) in [7, 11) is 0. The van der Waals surface area contributed by atoms with Crippen LogP contribution >= 0.6 is 11.6 Å². The predicted molar refractivity (Wildman–Crippen MR) is 56.6 cm³/mol. The summed E-state index contributed by atoms with van der Waals surface area (Å²) < 4.78 is 0. The number of aliphatic hydroxyl groups is 1. The molecule has 0 saturated carbocycles. The zero-order valence-electron chi connectivity index (χ0n) is 7.20. The first-order valence-electron chi connectivity index (χ1n) is 4.06. The number of rotatable bonds is 3. The Balaban J connectivity index is 2.81. The molecule has 1 rings (SSSR count). The Morgan fingerprint density at radius 3 is 2.92 bits per heavy atom. The van der Waals surface area contributed by atoms with Crippen LogP contribution < -0.4 is 5.73 Å². The molecule has 0 radical (unpaired) electrons. The van der Waals surface area contributed by atoms with E-state index in [-0.39, 0.29) is 6.61 Å². The van der Waals surface area contributed by atoms with E-state index < -0.39 is 0 Å². The van der Waals surface area contributed by atoms with Crippen LogP contribution in [0.2, 0.25) is 5.02 Å². The van der Waals surface area contributed by atoms with Crippen LogP contribution in [0.1, 0.15) is 12.0 Å². The summed E-state index contributed by atoms with van der Waals surface area (Å²) >= 11 is 5.79. The maximum absolute atomic E-state index is 8.56. The van der Waals surface area contributed by atoms with Crippen molar-refractivity contribution in [3.05, 3.63) is 34.9 Å². The van der Waals surface area contributed by atoms with Crippen LogP contribution in [0.25, 0.3) is 6.08 Å². The minimum Gasteiger partial charge on any atom is -0.398 e. The zero-order valence-corrected chi connectivity index (χ0v) is 7.96. The van der Waals surface area contributed by atoms with E-state index >= 15 is 0 Å². The molecule has 1 aromatic carbocycles. The average Bonchev–Trinajstić information content (AvgIpc) is 2.11. The third-order valence-corrected chi connectivity index (χ3v) is 1.88. The molecular weight excluding hydrogens is 186 g/mol. The molecule has 0 heterocycles. The number of benzene rings is 1. The lowest BCUT2D eigenvalue weighted by molar-refractivity contribution is 0.303. The number of halogens is 1. The van der Waals surface area contributed by atoms with Crippen LogP contribution in [-0.4, -0.2) is 11.7 Å². The van der Waals surface area contributed by atoms with Crippen molar-refractivity contribution in [1.29, 1.82) is 0 Å². The van der Waals surface area contributed by atoms with Crippen LogP contribution in [0.3, 0.4) is 0 Å². The minimum atomic E-state index is 0.150. The summed E-state index contributed by atoms with van der Waals surface area (Å²) in [5.74, 6) is 0. The summed E-state index contributed by atoms with van der Waals surface area (Å²) in [5, 5.41) is 9.22. The van der Waals surface area contributed by atoms with Crippen molar-refractivity contribution in [2.75, 3.05) is 12.3 Å². The van der Waals surface area contributed by atoms with Crippen molar-refractivity contribution in [3.63, 3.8) is 0 Å². The Kier molecular flexibility index (Phi) is 3.80. The molecule has 0 unspecified atom stereocenters. The Morgan fingerprint density at radius 2 is 2.23 bits per heavy atom. The smallest absolute Gasteiger partial charge is 0.0465 e. The SMILES string of the molecule is Nc1ccc(Cl)cc1C=CCCO. The van der Waals surface area contributed by atoms with Gasteiger partial charge in [0.1, 0.15) is 0 Å². The van der Waals surface area contributed by atoms with E-state index in [2.05, 4.69) is 0 Å². The summed E-state index contributed by atoms with van der Waals surface area (Å²) in [5.41, 5.74) is 7.28. The van der Waals surface area contributed by atoms with E-state index in [4.69, 9.17) is 22.4 Å². The van der Waals surface area contributed by atoms with Gasteiger partial charge in [-0.25, -0.2) is 0 Å². The predicted octanol–water partition coefficient (Wildman–Crippen LogP) is 2.32. The number of anilines is 1. The van der Waals surface area contributed by atoms with Gasteiger partial charge in [-0.3, -0.25) is 0 Å². The van der Waals surface area contributed by atoms with Gasteiger partial charge in [-0.2, -0.15) is 0 Å². The monoisotopic (exact) mass is 197 g/mol. The van der Waals surface area contributed by atoms with Crippen molar-refractivity contribution in [2.24, 2.45) is 0 Å². The number of hydrogen-bond acceptors (Lipinski definition) is 2. The lowest BCUT2D eigenvalue weighted by Crippen LogP contribution is -1.88. The zero-order chi connectivity index (χ0) is 9.68. The second-order valence-corrected chi connectivity index (χ2v) is 3.12. The van der Waals surface area contributed by atoms with Crippen LogP contribution in [0.5, 0.6) is 0 Å². The van der Waals surface area contributed by atoms with Gasteiger partial charge in [0.2, 0.25) is 0 Å². The molecule has 0 amide bonds.